The fourth-order valence-corrected chi connectivity index (χ4v) is 4.25. The molecule has 29 heavy (non-hydrogen) atoms. The molecule has 0 atom stereocenters. The van der Waals surface area contributed by atoms with Gasteiger partial charge >= 0.3 is 0 Å². The van der Waals surface area contributed by atoms with Crippen molar-refractivity contribution in [3.63, 3.8) is 0 Å². The summed E-state index contributed by atoms with van der Waals surface area (Å²) in [5.74, 6) is 0.885. The van der Waals surface area contributed by atoms with E-state index in [0.717, 1.165) is 22.4 Å². The largest absolute Gasteiger partial charge is 0.497 e. The van der Waals surface area contributed by atoms with Gasteiger partial charge in [-0.15, -0.1) is 0 Å². The maximum atomic E-state index is 12.4. The summed E-state index contributed by atoms with van der Waals surface area (Å²) in [4.78, 5) is 12.4. The Morgan fingerprint density at radius 3 is 2.45 bits per heavy atom. The highest BCUT2D eigenvalue weighted by molar-refractivity contribution is 6.09. The van der Waals surface area contributed by atoms with Gasteiger partial charge in [0.15, 0.2) is 0 Å². The predicted molar refractivity (Wildman–Crippen MR) is 118 cm³/mol. The van der Waals surface area contributed by atoms with Gasteiger partial charge in [-0.3, -0.25) is 4.79 Å². The zero-order valence-corrected chi connectivity index (χ0v) is 16.2. The first kappa shape index (κ1) is 17.5. The van der Waals surface area contributed by atoms with Crippen LogP contribution in [-0.2, 0) is 11.2 Å². The number of amides is 1. The van der Waals surface area contributed by atoms with Gasteiger partial charge in [-0.2, -0.15) is 0 Å². The second kappa shape index (κ2) is 7.10. The van der Waals surface area contributed by atoms with E-state index in [1.807, 2.05) is 30.3 Å². The van der Waals surface area contributed by atoms with E-state index < -0.39 is 0 Å². The highest BCUT2D eigenvalue weighted by Crippen LogP contribution is 2.45. The normalized spacial score (nSPS) is 13.1. The van der Waals surface area contributed by atoms with E-state index in [-0.39, 0.29) is 5.91 Å². The van der Waals surface area contributed by atoms with Crippen LogP contribution in [0, 0.1) is 0 Å². The van der Waals surface area contributed by atoms with Crippen LogP contribution in [0.4, 0.5) is 5.69 Å². The zero-order chi connectivity index (χ0) is 19.8. The fourth-order valence-electron chi connectivity index (χ4n) is 4.25. The quantitative estimate of drug-likeness (QED) is 0.459. The molecule has 0 saturated carbocycles. The van der Waals surface area contributed by atoms with Crippen molar-refractivity contribution in [1.82, 2.24) is 0 Å². The van der Waals surface area contributed by atoms with Crippen molar-refractivity contribution in [3.05, 3.63) is 84.4 Å². The average molecular weight is 379 g/mol. The van der Waals surface area contributed by atoms with Crippen molar-refractivity contribution < 1.29 is 9.53 Å². The Morgan fingerprint density at radius 2 is 1.62 bits per heavy atom. The number of aryl methyl sites for hydroxylation is 1. The summed E-state index contributed by atoms with van der Waals surface area (Å²) in [5.41, 5.74) is 6.68. The van der Waals surface area contributed by atoms with Crippen molar-refractivity contribution >= 4 is 22.4 Å². The Labute approximate surface area is 170 Å². The van der Waals surface area contributed by atoms with E-state index in [1.54, 1.807) is 7.11 Å². The number of carbonyl (C=O) groups excluding carboxylic acids is 1. The molecule has 1 heterocycles. The van der Waals surface area contributed by atoms with Crippen LogP contribution in [0.15, 0.2) is 78.9 Å². The maximum Gasteiger partial charge on any atom is 0.224 e. The first-order valence-corrected chi connectivity index (χ1v) is 9.83. The van der Waals surface area contributed by atoms with Crippen LogP contribution in [0.3, 0.4) is 0 Å². The van der Waals surface area contributed by atoms with Crippen molar-refractivity contribution in [2.75, 3.05) is 12.4 Å². The Kier molecular flexibility index (Phi) is 4.28. The van der Waals surface area contributed by atoms with Gasteiger partial charge < -0.3 is 10.1 Å². The zero-order valence-electron chi connectivity index (χ0n) is 16.2. The minimum absolute atomic E-state index is 0.0510. The second-order valence-electron chi connectivity index (χ2n) is 7.33. The lowest BCUT2D eigenvalue weighted by atomic mass is 9.83. The number of benzene rings is 4. The summed E-state index contributed by atoms with van der Waals surface area (Å²) in [6.07, 6.45) is 1.16. The first-order valence-electron chi connectivity index (χ1n) is 9.83. The molecule has 1 aliphatic heterocycles. The molecule has 4 aromatic rings. The van der Waals surface area contributed by atoms with Crippen molar-refractivity contribution in [3.8, 4) is 28.0 Å². The molecule has 0 spiro atoms. The third-order valence-electron chi connectivity index (χ3n) is 5.58. The van der Waals surface area contributed by atoms with Gasteiger partial charge in [-0.1, -0.05) is 60.7 Å². The Morgan fingerprint density at radius 1 is 0.828 bits per heavy atom. The minimum Gasteiger partial charge on any atom is -0.497 e. The molecule has 1 N–H and O–H groups in total. The van der Waals surface area contributed by atoms with Crippen LogP contribution < -0.4 is 10.1 Å². The monoisotopic (exact) mass is 379 g/mol. The summed E-state index contributed by atoms with van der Waals surface area (Å²) >= 11 is 0. The SMILES string of the molecule is COc1ccc2c(-c3ccccc3)c3c(cc2c1)CCC(=O)Nc1ccccc1-3. The first-order chi connectivity index (χ1) is 14.2. The number of anilines is 1. The van der Waals surface area contributed by atoms with Gasteiger partial charge in [0.05, 0.1) is 7.11 Å². The van der Waals surface area contributed by atoms with E-state index in [0.29, 0.717) is 12.8 Å². The van der Waals surface area contributed by atoms with Gasteiger partial charge in [0, 0.05) is 17.7 Å². The minimum atomic E-state index is 0.0510. The van der Waals surface area contributed by atoms with Crippen LogP contribution in [0.5, 0.6) is 5.75 Å². The average Bonchev–Trinajstić information content (AvgIpc) is 2.76. The Hall–Kier alpha value is -3.59. The molecular formula is C26H21NO2. The lowest BCUT2D eigenvalue weighted by Crippen LogP contribution is -2.16. The summed E-state index contributed by atoms with van der Waals surface area (Å²) in [6, 6.07) is 27.0. The molecule has 142 valence electrons. The van der Waals surface area contributed by atoms with Crippen LogP contribution >= 0.6 is 0 Å². The molecule has 0 aromatic heterocycles. The topological polar surface area (TPSA) is 38.3 Å². The van der Waals surface area contributed by atoms with Gasteiger partial charge in [0.2, 0.25) is 5.91 Å². The molecule has 3 nitrogen and oxygen atoms in total. The smallest absolute Gasteiger partial charge is 0.224 e. The molecule has 0 saturated heterocycles. The van der Waals surface area contributed by atoms with Crippen LogP contribution in [-0.4, -0.2) is 13.0 Å². The number of nitrogens with one attached hydrogen (secondary N) is 1. The molecule has 0 radical (unpaired) electrons. The number of carbonyl (C=O) groups is 1. The number of fused-ring (bicyclic) bond motifs is 4. The van der Waals surface area contributed by atoms with Crippen molar-refractivity contribution in [1.29, 1.82) is 0 Å². The van der Waals surface area contributed by atoms with Crippen molar-refractivity contribution in [2.24, 2.45) is 0 Å². The van der Waals surface area contributed by atoms with E-state index in [2.05, 4.69) is 53.8 Å². The molecule has 0 fully saturated rings. The maximum absolute atomic E-state index is 12.4. The number of methoxy groups -OCH3 is 1. The van der Waals surface area contributed by atoms with Crippen LogP contribution in [0.1, 0.15) is 12.0 Å². The summed E-state index contributed by atoms with van der Waals surface area (Å²) < 4.78 is 5.47. The Bertz CT molecular complexity index is 1230. The van der Waals surface area contributed by atoms with Crippen LogP contribution in [0.2, 0.25) is 0 Å². The third kappa shape index (κ3) is 3.05. The number of hydrogen-bond donors (Lipinski definition) is 1. The summed E-state index contributed by atoms with van der Waals surface area (Å²) in [6.45, 7) is 0. The standard InChI is InChI=1S/C26H21NO2/c1-29-20-12-13-21-19(16-20)15-18-11-14-24(28)27-23-10-6-5-9-22(23)26(18)25(21)17-7-3-2-4-8-17/h2-10,12-13,15-16H,11,14H2,1H3,(H,27,28). The lowest BCUT2D eigenvalue weighted by Gasteiger charge is -2.23. The molecule has 0 aliphatic carbocycles. The van der Waals surface area contributed by atoms with Gasteiger partial charge in [0.1, 0.15) is 5.75 Å². The molecule has 0 unspecified atom stereocenters. The number of para-hydroxylation sites is 1. The van der Waals surface area contributed by atoms with E-state index in [9.17, 15) is 4.79 Å². The third-order valence-corrected chi connectivity index (χ3v) is 5.58. The van der Waals surface area contributed by atoms with E-state index in [4.69, 9.17) is 4.74 Å². The molecule has 5 rings (SSSR count). The highest BCUT2D eigenvalue weighted by Gasteiger charge is 2.22. The van der Waals surface area contributed by atoms with Gasteiger partial charge in [-0.05, 0) is 57.6 Å². The number of rotatable bonds is 2. The van der Waals surface area contributed by atoms with Crippen LogP contribution in [0.25, 0.3) is 33.0 Å². The van der Waals surface area contributed by atoms with E-state index in [1.165, 1.54) is 27.6 Å². The highest BCUT2D eigenvalue weighted by atomic mass is 16.5. The fraction of sp³-hybridized carbons (Fsp3) is 0.115. The predicted octanol–water partition coefficient (Wildman–Crippen LogP) is 6.07. The van der Waals surface area contributed by atoms with Gasteiger partial charge in [0.25, 0.3) is 0 Å². The van der Waals surface area contributed by atoms with Crippen molar-refractivity contribution in [2.45, 2.75) is 12.8 Å². The van der Waals surface area contributed by atoms with E-state index >= 15 is 0 Å². The van der Waals surface area contributed by atoms with Gasteiger partial charge in [-0.25, -0.2) is 0 Å². The number of ether oxygens (including phenoxy) is 1. The Balaban J connectivity index is 1.93. The molecule has 4 aromatic carbocycles. The molecule has 1 amide bonds. The second-order valence-corrected chi connectivity index (χ2v) is 7.33. The number of hydrogen-bond acceptors (Lipinski definition) is 2. The molecular weight excluding hydrogens is 358 g/mol. The molecule has 1 aliphatic rings. The molecule has 3 heteroatoms. The summed E-state index contributed by atoms with van der Waals surface area (Å²) in [5, 5.41) is 5.39. The summed E-state index contributed by atoms with van der Waals surface area (Å²) in [7, 11) is 1.69. The molecule has 0 bridgehead atoms. The lowest BCUT2D eigenvalue weighted by molar-refractivity contribution is -0.116.